The molecule has 3 aromatic rings. The average Bonchev–Trinajstić information content (AvgIpc) is 3.04. The lowest BCUT2D eigenvalue weighted by atomic mass is 10.0. The highest BCUT2D eigenvalue weighted by Gasteiger charge is 2.15. The third-order valence-electron chi connectivity index (χ3n) is 3.89. The van der Waals surface area contributed by atoms with E-state index in [1.165, 1.54) is 5.56 Å². The lowest BCUT2D eigenvalue weighted by Crippen LogP contribution is -2.27. The van der Waals surface area contributed by atoms with Crippen LogP contribution in [0.3, 0.4) is 0 Å². The first-order valence-electron chi connectivity index (χ1n) is 7.58. The molecule has 0 aliphatic carbocycles. The number of hydrogen-bond acceptors (Lipinski definition) is 3. The SMILES string of the molecule is COc1cccc2cc(C(=O)NC[C@@H](C)c3ccccc3)oc12. The highest BCUT2D eigenvalue weighted by Crippen LogP contribution is 2.28. The second-order valence-electron chi connectivity index (χ2n) is 5.51. The smallest absolute Gasteiger partial charge is 0.287 e. The Morgan fingerprint density at radius 1 is 1.17 bits per heavy atom. The first kappa shape index (κ1) is 15.2. The molecule has 0 fully saturated rings. The third-order valence-corrected chi connectivity index (χ3v) is 3.89. The van der Waals surface area contributed by atoms with Crippen molar-refractivity contribution in [1.82, 2.24) is 5.32 Å². The zero-order chi connectivity index (χ0) is 16.2. The lowest BCUT2D eigenvalue weighted by molar-refractivity contribution is 0.0926. The molecule has 1 amide bonds. The topological polar surface area (TPSA) is 51.5 Å². The lowest BCUT2D eigenvalue weighted by Gasteiger charge is -2.12. The standard InChI is InChI=1S/C19H19NO3/c1-13(14-7-4-3-5-8-14)12-20-19(21)17-11-15-9-6-10-16(22-2)18(15)23-17/h3-11,13H,12H2,1-2H3,(H,20,21)/t13-/m1/s1. The van der Waals surface area contributed by atoms with Gasteiger partial charge in [-0.15, -0.1) is 0 Å². The van der Waals surface area contributed by atoms with Gasteiger partial charge < -0.3 is 14.5 Å². The summed E-state index contributed by atoms with van der Waals surface area (Å²) in [6.07, 6.45) is 0. The van der Waals surface area contributed by atoms with E-state index < -0.39 is 0 Å². The zero-order valence-electron chi connectivity index (χ0n) is 13.2. The Labute approximate surface area is 135 Å². The molecular formula is C19H19NO3. The first-order chi connectivity index (χ1) is 11.2. The maximum absolute atomic E-state index is 12.3. The molecule has 0 aliphatic rings. The van der Waals surface area contributed by atoms with E-state index >= 15 is 0 Å². The molecule has 0 spiro atoms. The monoisotopic (exact) mass is 309 g/mol. The van der Waals surface area contributed by atoms with Gasteiger partial charge in [-0.25, -0.2) is 0 Å². The van der Waals surface area contributed by atoms with E-state index in [-0.39, 0.29) is 11.8 Å². The zero-order valence-corrected chi connectivity index (χ0v) is 13.2. The number of benzene rings is 2. The maximum atomic E-state index is 12.3. The molecule has 1 aromatic heterocycles. The van der Waals surface area contributed by atoms with Crippen LogP contribution < -0.4 is 10.1 Å². The van der Waals surface area contributed by atoms with Crippen molar-refractivity contribution in [2.75, 3.05) is 13.7 Å². The van der Waals surface area contributed by atoms with Gasteiger partial charge in [-0.2, -0.15) is 0 Å². The van der Waals surface area contributed by atoms with Gasteiger partial charge in [0.15, 0.2) is 17.1 Å². The van der Waals surface area contributed by atoms with Crippen molar-refractivity contribution in [3.8, 4) is 5.75 Å². The minimum atomic E-state index is -0.217. The Kier molecular flexibility index (Phi) is 4.33. The van der Waals surface area contributed by atoms with Crippen LogP contribution in [-0.4, -0.2) is 19.6 Å². The Balaban J connectivity index is 1.71. The molecule has 4 heteroatoms. The van der Waals surface area contributed by atoms with E-state index in [0.29, 0.717) is 23.6 Å². The largest absolute Gasteiger partial charge is 0.493 e. The van der Waals surface area contributed by atoms with Gasteiger partial charge in [0, 0.05) is 11.9 Å². The van der Waals surface area contributed by atoms with E-state index in [2.05, 4.69) is 24.4 Å². The number of para-hydroxylation sites is 1. The van der Waals surface area contributed by atoms with Crippen LogP contribution in [0.25, 0.3) is 11.0 Å². The summed E-state index contributed by atoms with van der Waals surface area (Å²) in [5.74, 6) is 0.939. The number of amides is 1. The number of methoxy groups -OCH3 is 1. The summed E-state index contributed by atoms with van der Waals surface area (Å²) in [6.45, 7) is 2.63. The van der Waals surface area contributed by atoms with Gasteiger partial charge in [0.1, 0.15) is 0 Å². The van der Waals surface area contributed by atoms with Crippen LogP contribution in [0.4, 0.5) is 0 Å². The summed E-state index contributed by atoms with van der Waals surface area (Å²) < 4.78 is 10.9. The fourth-order valence-electron chi connectivity index (χ4n) is 2.54. The summed E-state index contributed by atoms with van der Waals surface area (Å²) in [4.78, 5) is 12.3. The third kappa shape index (κ3) is 3.21. The number of ether oxygens (including phenoxy) is 1. The normalized spacial score (nSPS) is 12.1. The van der Waals surface area contributed by atoms with Crippen molar-refractivity contribution in [2.24, 2.45) is 0 Å². The van der Waals surface area contributed by atoms with Crippen LogP contribution in [0, 0.1) is 0 Å². The Hall–Kier alpha value is -2.75. The maximum Gasteiger partial charge on any atom is 0.287 e. The highest BCUT2D eigenvalue weighted by atomic mass is 16.5. The fourth-order valence-corrected chi connectivity index (χ4v) is 2.54. The Morgan fingerprint density at radius 3 is 2.70 bits per heavy atom. The molecule has 0 bridgehead atoms. The minimum Gasteiger partial charge on any atom is -0.493 e. The van der Waals surface area contributed by atoms with Crippen molar-refractivity contribution < 1.29 is 13.9 Å². The Bertz CT molecular complexity index is 808. The molecular weight excluding hydrogens is 290 g/mol. The molecule has 0 aliphatic heterocycles. The molecule has 0 saturated carbocycles. The average molecular weight is 309 g/mol. The van der Waals surface area contributed by atoms with Gasteiger partial charge in [0.2, 0.25) is 0 Å². The highest BCUT2D eigenvalue weighted by molar-refractivity contribution is 5.97. The van der Waals surface area contributed by atoms with Crippen molar-refractivity contribution >= 4 is 16.9 Å². The van der Waals surface area contributed by atoms with E-state index in [1.54, 1.807) is 13.2 Å². The fraction of sp³-hybridized carbons (Fsp3) is 0.211. The predicted octanol–water partition coefficient (Wildman–Crippen LogP) is 3.97. The number of rotatable bonds is 5. The van der Waals surface area contributed by atoms with E-state index in [9.17, 15) is 4.79 Å². The number of hydrogen-bond donors (Lipinski definition) is 1. The number of carbonyl (C=O) groups excluding carboxylic acids is 1. The van der Waals surface area contributed by atoms with Crippen LogP contribution in [0.1, 0.15) is 29.0 Å². The van der Waals surface area contributed by atoms with Gasteiger partial charge in [0.25, 0.3) is 5.91 Å². The van der Waals surface area contributed by atoms with Gasteiger partial charge in [-0.05, 0) is 23.6 Å². The number of furan rings is 1. The summed E-state index contributed by atoms with van der Waals surface area (Å²) in [7, 11) is 1.58. The molecule has 118 valence electrons. The van der Waals surface area contributed by atoms with Crippen LogP contribution in [0.5, 0.6) is 5.75 Å². The second-order valence-corrected chi connectivity index (χ2v) is 5.51. The molecule has 0 saturated heterocycles. The number of fused-ring (bicyclic) bond motifs is 1. The summed E-state index contributed by atoms with van der Waals surface area (Å²) in [5.41, 5.74) is 1.79. The quantitative estimate of drug-likeness (QED) is 0.775. The molecule has 23 heavy (non-hydrogen) atoms. The number of nitrogens with one attached hydrogen (secondary N) is 1. The predicted molar refractivity (Wildman–Crippen MR) is 90.0 cm³/mol. The van der Waals surface area contributed by atoms with Gasteiger partial charge in [-0.1, -0.05) is 49.4 Å². The molecule has 1 atom stereocenters. The Morgan fingerprint density at radius 2 is 1.96 bits per heavy atom. The molecule has 2 aromatic carbocycles. The van der Waals surface area contributed by atoms with Crippen molar-refractivity contribution in [3.63, 3.8) is 0 Å². The van der Waals surface area contributed by atoms with Crippen molar-refractivity contribution in [2.45, 2.75) is 12.8 Å². The van der Waals surface area contributed by atoms with Gasteiger partial charge in [-0.3, -0.25) is 4.79 Å². The molecule has 0 radical (unpaired) electrons. The van der Waals surface area contributed by atoms with Crippen LogP contribution in [0.15, 0.2) is 59.0 Å². The van der Waals surface area contributed by atoms with E-state index in [4.69, 9.17) is 9.15 Å². The molecule has 3 rings (SSSR count). The minimum absolute atomic E-state index is 0.217. The second kappa shape index (κ2) is 6.57. The van der Waals surface area contributed by atoms with Crippen molar-refractivity contribution in [1.29, 1.82) is 0 Å². The van der Waals surface area contributed by atoms with Gasteiger partial charge in [0.05, 0.1) is 7.11 Å². The molecule has 0 unspecified atom stereocenters. The number of carbonyl (C=O) groups is 1. The van der Waals surface area contributed by atoms with Gasteiger partial charge >= 0.3 is 0 Å². The van der Waals surface area contributed by atoms with E-state index in [0.717, 1.165) is 5.39 Å². The molecule has 1 N–H and O–H groups in total. The van der Waals surface area contributed by atoms with Crippen LogP contribution >= 0.6 is 0 Å². The van der Waals surface area contributed by atoms with E-state index in [1.807, 2.05) is 36.4 Å². The first-order valence-corrected chi connectivity index (χ1v) is 7.58. The van der Waals surface area contributed by atoms with Crippen molar-refractivity contribution in [3.05, 3.63) is 65.9 Å². The summed E-state index contributed by atoms with van der Waals surface area (Å²) in [6, 6.07) is 17.4. The molecule has 4 nitrogen and oxygen atoms in total. The molecule has 1 heterocycles. The summed E-state index contributed by atoms with van der Waals surface area (Å²) >= 11 is 0. The van der Waals surface area contributed by atoms with Crippen LogP contribution in [-0.2, 0) is 0 Å². The summed E-state index contributed by atoms with van der Waals surface area (Å²) in [5, 5.41) is 3.77. The van der Waals surface area contributed by atoms with Crippen LogP contribution in [0.2, 0.25) is 0 Å².